The number of esters is 2. The molecule has 1 N–H and O–H groups in total. The van der Waals surface area contributed by atoms with E-state index in [1.165, 1.54) is 212 Å². The third kappa shape index (κ3) is 78.6. The number of hydrogen-bond donors (Lipinski definition) is 1. The summed E-state index contributed by atoms with van der Waals surface area (Å²) in [5.74, 6) is -1.99. The molecule has 556 valence electrons. The van der Waals surface area contributed by atoms with Crippen molar-refractivity contribution >= 4 is 17.9 Å². The van der Waals surface area contributed by atoms with Crippen molar-refractivity contribution in [2.75, 3.05) is 47.5 Å². The summed E-state index contributed by atoms with van der Waals surface area (Å²) in [6.45, 7) is 4.68. The summed E-state index contributed by atoms with van der Waals surface area (Å²) in [7, 11) is 5.99. The van der Waals surface area contributed by atoms with Gasteiger partial charge in [0.2, 0.25) is 0 Å². The molecule has 0 radical (unpaired) electrons. The molecule has 0 amide bonds. The summed E-state index contributed by atoms with van der Waals surface area (Å²) >= 11 is 0. The lowest BCUT2D eigenvalue weighted by Gasteiger charge is -2.25. The molecule has 9 nitrogen and oxygen atoms in total. The first-order valence-corrected chi connectivity index (χ1v) is 40.3. The molecule has 97 heavy (non-hydrogen) atoms. The largest absolute Gasteiger partial charge is 0.477 e. The molecule has 0 aliphatic heterocycles. The molecule has 9 heteroatoms. The molecular weight excluding hydrogens is 1200 g/mol. The van der Waals surface area contributed by atoms with Crippen LogP contribution in [0.4, 0.5) is 0 Å². The van der Waals surface area contributed by atoms with Crippen LogP contribution in [0.15, 0.2) is 134 Å². The molecule has 0 aromatic rings. The number of ether oxygens (including phenoxy) is 4. The summed E-state index contributed by atoms with van der Waals surface area (Å²) in [4.78, 5) is 37.8. The van der Waals surface area contributed by atoms with E-state index in [1.54, 1.807) is 0 Å². The van der Waals surface area contributed by atoms with Crippen LogP contribution in [0.5, 0.6) is 0 Å². The smallest absolute Gasteiger partial charge is 0.361 e. The Bertz CT molecular complexity index is 2060. The minimum Gasteiger partial charge on any atom is -0.477 e. The molecule has 0 rings (SSSR count). The molecule has 0 heterocycles. The van der Waals surface area contributed by atoms with Crippen LogP contribution >= 0.6 is 0 Å². The highest BCUT2D eigenvalue weighted by Gasteiger charge is 2.25. The van der Waals surface area contributed by atoms with E-state index < -0.39 is 24.3 Å². The number of carbonyl (C=O) groups excluding carboxylic acids is 2. The van der Waals surface area contributed by atoms with Gasteiger partial charge in [0.05, 0.1) is 34.4 Å². The number of likely N-dealkylation sites (N-methyl/N-ethyl adjacent to an activating group) is 1. The van der Waals surface area contributed by atoms with Crippen molar-refractivity contribution in [3.8, 4) is 0 Å². The van der Waals surface area contributed by atoms with Crippen molar-refractivity contribution < 1.29 is 42.9 Å². The zero-order valence-electron chi connectivity index (χ0n) is 63.7. The van der Waals surface area contributed by atoms with Gasteiger partial charge in [-0.15, -0.1) is 0 Å². The number of carboxylic acids is 1. The molecule has 0 fully saturated rings. The van der Waals surface area contributed by atoms with E-state index in [9.17, 15) is 19.5 Å². The van der Waals surface area contributed by atoms with E-state index in [1.807, 2.05) is 21.1 Å². The van der Waals surface area contributed by atoms with Crippen molar-refractivity contribution in [1.29, 1.82) is 0 Å². The highest BCUT2D eigenvalue weighted by molar-refractivity contribution is 5.71. The first kappa shape index (κ1) is 92.4. The normalized spacial score (nSPS) is 13.4. The van der Waals surface area contributed by atoms with Crippen molar-refractivity contribution in [3.63, 3.8) is 0 Å². The monoisotopic (exact) mass is 1350 g/mol. The van der Waals surface area contributed by atoms with Gasteiger partial charge < -0.3 is 28.5 Å². The van der Waals surface area contributed by atoms with Gasteiger partial charge in [-0.1, -0.05) is 359 Å². The van der Waals surface area contributed by atoms with E-state index in [2.05, 4.69) is 148 Å². The maximum atomic E-state index is 13.0. The second-order valence-electron chi connectivity index (χ2n) is 28.0. The van der Waals surface area contributed by atoms with Crippen LogP contribution < -0.4 is 0 Å². The highest BCUT2D eigenvalue weighted by atomic mass is 16.7. The summed E-state index contributed by atoms with van der Waals surface area (Å²) in [5.41, 5.74) is 0. The van der Waals surface area contributed by atoms with Crippen LogP contribution in [0.3, 0.4) is 0 Å². The zero-order chi connectivity index (χ0) is 70.4. The number of hydrogen-bond acceptors (Lipinski definition) is 7. The van der Waals surface area contributed by atoms with Gasteiger partial charge in [-0.2, -0.15) is 0 Å². The van der Waals surface area contributed by atoms with Crippen molar-refractivity contribution in [1.82, 2.24) is 0 Å². The van der Waals surface area contributed by atoms with Gasteiger partial charge in [-0.3, -0.25) is 9.59 Å². The third-order valence-electron chi connectivity index (χ3n) is 17.4. The number of rotatable bonds is 74. The van der Waals surface area contributed by atoms with Crippen molar-refractivity contribution in [3.05, 3.63) is 134 Å². The molecule has 0 aromatic carbocycles. The molecule has 0 bridgehead atoms. The fourth-order valence-corrected chi connectivity index (χ4v) is 11.3. The van der Waals surface area contributed by atoms with Crippen LogP contribution in [0, 0.1) is 0 Å². The van der Waals surface area contributed by atoms with Gasteiger partial charge in [0.15, 0.2) is 6.10 Å². The van der Waals surface area contributed by atoms with Crippen LogP contribution in [-0.4, -0.2) is 87.4 Å². The Morgan fingerprint density at radius 3 is 0.825 bits per heavy atom. The van der Waals surface area contributed by atoms with Gasteiger partial charge >= 0.3 is 17.9 Å². The Morgan fingerprint density at radius 1 is 0.309 bits per heavy atom. The quantitative estimate of drug-likeness (QED) is 0.0211. The Labute approximate surface area is 599 Å². The zero-order valence-corrected chi connectivity index (χ0v) is 63.7. The summed E-state index contributed by atoms with van der Waals surface area (Å²) < 4.78 is 23.1. The highest BCUT2D eigenvalue weighted by Crippen LogP contribution is 2.19. The molecule has 0 saturated carbocycles. The number of carbonyl (C=O) groups is 3. The third-order valence-corrected chi connectivity index (χ3v) is 17.4. The minimum absolute atomic E-state index is 0.183. The van der Waals surface area contributed by atoms with Crippen LogP contribution in [0.25, 0.3) is 0 Å². The maximum absolute atomic E-state index is 13.0. The lowest BCUT2D eigenvalue weighted by molar-refractivity contribution is -0.870. The number of unbranched alkanes of at least 4 members (excludes halogenated alkanes) is 37. The van der Waals surface area contributed by atoms with Crippen molar-refractivity contribution in [2.45, 2.75) is 360 Å². The van der Waals surface area contributed by atoms with Gasteiger partial charge in [0.1, 0.15) is 13.2 Å². The van der Waals surface area contributed by atoms with E-state index in [4.69, 9.17) is 18.9 Å². The Kier molecular flexibility index (Phi) is 73.5. The summed E-state index contributed by atoms with van der Waals surface area (Å²) in [6, 6.07) is 0. The average molecular weight is 1350 g/mol. The number of nitrogens with zero attached hydrogens (tertiary/aromatic N) is 1. The Morgan fingerprint density at radius 2 is 0.557 bits per heavy atom. The predicted octanol–water partition coefficient (Wildman–Crippen LogP) is 26.0. The lowest BCUT2D eigenvalue weighted by atomic mass is 10.0. The maximum Gasteiger partial charge on any atom is 0.361 e. The van der Waals surface area contributed by atoms with Crippen LogP contribution in [0.1, 0.15) is 348 Å². The molecule has 2 atom stereocenters. The number of quaternary nitrogens is 1. The van der Waals surface area contributed by atoms with E-state index in [0.717, 1.165) is 109 Å². The lowest BCUT2D eigenvalue weighted by Crippen LogP contribution is -2.40. The van der Waals surface area contributed by atoms with Crippen molar-refractivity contribution in [2.24, 2.45) is 0 Å². The number of carboxylic acid groups (broad SMARTS) is 1. The van der Waals surface area contributed by atoms with Gasteiger partial charge in [0, 0.05) is 12.8 Å². The fourth-order valence-electron chi connectivity index (χ4n) is 11.3. The Balaban J connectivity index is 4.00. The summed E-state index contributed by atoms with van der Waals surface area (Å²) in [5, 5.41) is 9.78. The van der Waals surface area contributed by atoms with E-state index >= 15 is 0 Å². The molecule has 0 aromatic heterocycles. The average Bonchev–Trinajstić information content (AvgIpc) is 3.27. The van der Waals surface area contributed by atoms with Crippen LogP contribution in [-0.2, 0) is 33.3 Å². The molecule has 0 aliphatic carbocycles. The number of allylic oxidation sites excluding steroid dienone is 22. The van der Waals surface area contributed by atoms with Gasteiger partial charge in [-0.25, -0.2) is 4.79 Å². The first-order valence-electron chi connectivity index (χ1n) is 40.3. The second kappa shape index (κ2) is 77.2. The molecule has 0 spiro atoms. The molecule has 2 unspecified atom stereocenters. The fraction of sp³-hybridized carbons (Fsp3) is 0.716. The van der Waals surface area contributed by atoms with E-state index in [0.29, 0.717) is 17.4 Å². The van der Waals surface area contributed by atoms with Gasteiger partial charge in [-0.05, 0) is 109 Å². The standard InChI is InChI=1S/C88H151NO8/c1-6-8-10-12-14-16-18-20-22-24-26-28-30-32-34-36-38-39-40-41-42-43-44-45-46-47-49-51-53-55-57-59-61-63-65-67-69-71-73-75-77-79-86(91)97-84(83-96-88(87(92)93)94-81-80-89(3,4)5)82-95-85(90)78-76-74-72-70-68-66-64-62-60-58-56-54-52-50-48-37-35-33-31-29-27-25-23-21-19-17-15-13-11-9-7-2/h8-11,14-17,20-23,26-29,32-35,38-39,84,88H,6-7,12-13,18-19,24-25,30-31,36-37,40-83H2,1-5H3/p+1/b10-8-,11-9-,16-14-,17-15-,22-20-,23-21-,28-26-,29-27-,34-32-,35-33-,39-38-. The second-order valence-corrected chi connectivity index (χ2v) is 28.0. The number of aliphatic carboxylic acids is 1. The molecule has 0 saturated heterocycles. The SMILES string of the molecule is CC/C=C\C/C=C\C/C=C\C/C=C\C/C=C\C/C=C\CCCCCCCCCCCCCCCCCCCCCCCCC(=O)OC(COC(=O)CCCCCCCCCCCCCCCCC/C=C\C/C=C\C/C=C\C/C=C\C/C=C\CC)COC(OCC[N+](C)(C)C)C(=O)O. The Hall–Kier alpha value is -4.57. The minimum atomic E-state index is -1.52. The van der Waals surface area contributed by atoms with Crippen LogP contribution in [0.2, 0.25) is 0 Å². The topological polar surface area (TPSA) is 108 Å². The molecule has 0 aliphatic rings. The van der Waals surface area contributed by atoms with E-state index in [-0.39, 0.29) is 32.2 Å². The predicted molar refractivity (Wildman–Crippen MR) is 419 cm³/mol. The molecular formula is C88H152NO8+. The summed E-state index contributed by atoms with van der Waals surface area (Å²) in [6.07, 6.45) is 109. The van der Waals surface area contributed by atoms with Gasteiger partial charge in [0.25, 0.3) is 6.29 Å². The first-order chi connectivity index (χ1) is 47.6.